The molecule has 136 valence electrons. The normalized spacial score (nSPS) is 23.9. The number of aromatic nitrogens is 1. The zero-order valence-electron chi connectivity index (χ0n) is 14.4. The van der Waals surface area contributed by atoms with Gasteiger partial charge in [-0.25, -0.2) is 4.98 Å². The molecule has 26 heavy (non-hydrogen) atoms. The average molecular weight is 372 g/mol. The molecule has 5 rings (SSSR count). The van der Waals surface area contributed by atoms with E-state index >= 15 is 0 Å². The van der Waals surface area contributed by atoms with Gasteiger partial charge < -0.3 is 19.1 Å². The molecule has 0 N–H and O–H groups in total. The number of thiazole rings is 1. The second-order valence-corrected chi connectivity index (χ2v) is 7.92. The van der Waals surface area contributed by atoms with Crippen molar-refractivity contribution in [1.29, 1.82) is 0 Å². The molecule has 2 aromatic rings. The van der Waals surface area contributed by atoms with E-state index in [4.69, 9.17) is 14.2 Å². The maximum Gasteiger partial charge on any atom is 0.231 e. The lowest BCUT2D eigenvalue weighted by molar-refractivity contribution is -0.134. The van der Waals surface area contributed by atoms with Crippen molar-refractivity contribution >= 4 is 17.2 Å². The molecule has 3 aliphatic rings. The third kappa shape index (κ3) is 2.66. The molecule has 0 aliphatic carbocycles. The Balaban J connectivity index is 1.32. The van der Waals surface area contributed by atoms with E-state index < -0.39 is 0 Å². The van der Waals surface area contributed by atoms with E-state index in [1.165, 1.54) is 0 Å². The molecule has 1 amide bonds. The monoisotopic (exact) mass is 372 g/mol. The van der Waals surface area contributed by atoms with Crippen molar-refractivity contribution in [3.63, 3.8) is 0 Å². The van der Waals surface area contributed by atoms with Gasteiger partial charge in [-0.1, -0.05) is 0 Å². The van der Waals surface area contributed by atoms with Gasteiger partial charge in [0.15, 0.2) is 11.5 Å². The second-order valence-electron chi connectivity index (χ2n) is 7.06. The number of ether oxygens (including phenoxy) is 3. The third-order valence-corrected chi connectivity index (χ3v) is 6.42. The molecular weight excluding hydrogens is 352 g/mol. The number of carbonyl (C=O) groups is 1. The fraction of sp³-hybridized carbons (Fsp3) is 0.474. The van der Waals surface area contributed by atoms with Crippen molar-refractivity contribution in [2.45, 2.75) is 31.2 Å². The number of likely N-dealkylation sites (tertiary alicyclic amines) is 1. The lowest BCUT2D eigenvalue weighted by Gasteiger charge is -2.33. The topological polar surface area (TPSA) is 60.9 Å². The van der Waals surface area contributed by atoms with E-state index in [1.807, 2.05) is 28.5 Å². The van der Waals surface area contributed by atoms with E-state index in [2.05, 4.69) is 4.98 Å². The van der Waals surface area contributed by atoms with Crippen molar-refractivity contribution in [2.24, 2.45) is 0 Å². The van der Waals surface area contributed by atoms with E-state index in [0.717, 1.165) is 60.2 Å². The van der Waals surface area contributed by atoms with Crippen molar-refractivity contribution in [3.05, 3.63) is 29.3 Å². The summed E-state index contributed by atoms with van der Waals surface area (Å²) in [5.74, 6) is 1.67. The van der Waals surface area contributed by atoms with Crippen LogP contribution in [0.15, 0.2) is 23.6 Å². The smallest absolute Gasteiger partial charge is 0.231 e. The van der Waals surface area contributed by atoms with Crippen molar-refractivity contribution in [1.82, 2.24) is 9.88 Å². The SMILES string of the molecule is O=C(Cc1csc(-c2ccc3c(c2)OCO3)n1)N1CCCC12CCOC2. The first-order valence-electron chi connectivity index (χ1n) is 8.96. The summed E-state index contributed by atoms with van der Waals surface area (Å²) in [6.07, 6.45) is 3.42. The fourth-order valence-electron chi connectivity index (χ4n) is 4.13. The number of carbonyl (C=O) groups excluding carboxylic acids is 1. The van der Waals surface area contributed by atoms with Crippen LogP contribution in [0.25, 0.3) is 10.6 Å². The molecule has 2 saturated heterocycles. The van der Waals surface area contributed by atoms with Crippen LogP contribution in [0.4, 0.5) is 0 Å². The van der Waals surface area contributed by atoms with E-state index in [0.29, 0.717) is 13.0 Å². The molecule has 0 radical (unpaired) electrons. The molecule has 1 spiro atoms. The van der Waals surface area contributed by atoms with Gasteiger partial charge in [-0.05, 0) is 37.5 Å². The summed E-state index contributed by atoms with van der Waals surface area (Å²) >= 11 is 1.55. The van der Waals surface area contributed by atoms with Crippen LogP contribution in [0.2, 0.25) is 0 Å². The van der Waals surface area contributed by atoms with Gasteiger partial charge in [0.2, 0.25) is 12.7 Å². The number of nitrogens with zero attached hydrogens (tertiary/aromatic N) is 2. The Morgan fingerprint density at radius 2 is 2.19 bits per heavy atom. The molecule has 4 heterocycles. The number of hydrogen-bond donors (Lipinski definition) is 0. The van der Waals surface area contributed by atoms with E-state index in [1.54, 1.807) is 11.3 Å². The molecule has 7 heteroatoms. The Bertz CT molecular complexity index is 838. The van der Waals surface area contributed by atoms with Gasteiger partial charge in [0, 0.05) is 24.1 Å². The Labute approximate surface area is 155 Å². The first-order valence-corrected chi connectivity index (χ1v) is 9.84. The molecule has 1 unspecified atom stereocenters. The minimum absolute atomic E-state index is 0.0622. The van der Waals surface area contributed by atoms with Crippen LogP contribution in [0.5, 0.6) is 11.5 Å². The quantitative estimate of drug-likeness (QED) is 0.829. The molecule has 1 aromatic heterocycles. The summed E-state index contributed by atoms with van der Waals surface area (Å²) in [7, 11) is 0. The van der Waals surface area contributed by atoms with Crippen LogP contribution < -0.4 is 9.47 Å². The first kappa shape index (κ1) is 16.1. The predicted molar refractivity (Wildman–Crippen MR) is 96.5 cm³/mol. The third-order valence-electron chi connectivity index (χ3n) is 5.48. The summed E-state index contributed by atoms with van der Waals surface area (Å²) in [6.45, 7) is 2.53. The molecule has 3 aliphatic heterocycles. The molecule has 2 fully saturated rings. The van der Waals surface area contributed by atoms with Gasteiger partial charge >= 0.3 is 0 Å². The van der Waals surface area contributed by atoms with Crippen LogP contribution in [0.1, 0.15) is 25.0 Å². The predicted octanol–water partition coefficient (Wildman–Crippen LogP) is 2.86. The molecule has 0 saturated carbocycles. The Morgan fingerprint density at radius 1 is 1.27 bits per heavy atom. The Hall–Kier alpha value is -2.12. The van der Waals surface area contributed by atoms with Gasteiger partial charge in [-0.3, -0.25) is 4.79 Å². The van der Waals surface area contributed by atoms with Gasteiger partial charge in [0.05, 0.1) is 24.3 Å². The summed E-state index contributed by atoms with van der Waals surface area (Å²) < 4.78 is 16.4. The van der Waals surface area contributed by atoms with Gasteiger partial charge in [-0.2, -0.15) is 0 Å². The maximum atomic E-state index is 12.9. The number of fused-ring (bicyclic) bond motifs is 1. The largest absolute Gasteiger partial charge is 0.454 e. The summed E-state index contributed by atoms with van der Waals surface area (Å²) in [4.78, 5) is 19.6. The number of rotatable bonds is 3. The fourth-order valence-corrected chi connectivity index (χ4v) is 4.95. The van der Waals surface area contributed by atoms with Crippen LogP contribution in [-0.2, 0) is 16.0 Å². The molecule has 6 nitrogen and oxygen atoms in total. The number of hydrogen-bond acceptors (Lipinski definition) is 6. The lowest BCUT2D eigenvalue weighted by Crippen LogP contribution is -2.48. The van der Waals surface area contributed by atoms with Gasteiger partial charge in [-0.15, -0.1) is 11.3 Å². The summed E-state index contributed by atoms with van der Waals surface area (Å²) in [5.41, 5.74) is 1.75. The number of amides is 1. The van der Waals surface area contributed by atoms with Crippen molar-refractivity contribution < 1.29 is 19.0 Å². The van der Waals surface area contributed by atoms with Crippen molar-refractivity contribution in [3.8, 4) is 22.1 Å². The minimum Gasteiger partial charge on any atom is -0.454 e. The molecular formula is C19H20N2O4S. The second kappa shape index (κ2) is 6.25. The molecule has 1 aromatic carbocycles. The van der Waals surface area contributed by atoms with E-state index in [9.17, 15) is 4.79 Å². The van der Waals surface area contributed by atoms with Crippen LogP contribution in [-0.4, -0.2) is 47.9 Å². The van der Waals surface area contributed by atoms with E-state index in [-0.39, 0.29) is 18.2 Å². The highest BCUT2D eigenvalue weighted by Gasteiger charge is 2.46. The minimum atomic E-state index is -0.0622. The van der Waals surface area contributed by atoms with Gasteiger partial charge in [0.1, 0.15) is 5.01 Å². The van der Waals surface area contributed by atoms with Crippen LogP contribution in [0.3, 0.4) is 0 Å². The molecule has 1 atom stereocenters. The van der Waals surface area contributed by atoms with Crippen LogP contribution >= 0.6 is 11.3 Å². The maximum absolute atomic E-state index is 12.9. The first-order chi connectivity index (χ1) is 12.7. The highest BCUT2D eigenvalue weighted by atomic mass is 32.1. The zero-order valence-corrected chi connectivity index (χ0v) is 15.2. The highest BCUT2D eigenvalue weighted by Crippen LogP contribution is 2.38. The number of benzene rings is 1. The summed E-state index contributed by atoms with van der Waals surface area (Å²) in [6, 6.07) is 5.82. The lowest BCUT2D eigenvalue weighted by atomic mass is 9.95. The molecule has 0 bridgehead atoms. The standard InChI is InChI=1S/C19H20N2O4S/c22-17(21-6-1-4-19(21)5-7-23-11-19)9-14-10-26-18(20-14)13-2-3-15-16(8-13)25-12-24-15/h2-3,8,10H,1,4-7,9,11-12H2. The summed E-state index contributed by atoms with van der Waals surface area (Å²) in [5, 5.41) is 2.87. The zero-order chi connectivity index (χ0) is 17.6. The highest BCUT2D eigenvalue weighted by molar-refractivity contribution is 7.13. The van der Waals surface area contributed by atoms with Gasteiger partial charge in [0.25, 0.3) is 0 Å². The van der Waals surface area contributed by atoms with Crippen molar-refractivity contribution in [2.75, 3.05) is 26.6 Å². The Morgan fingerprint density at radius 3 is 3.08 bits per heavy atom. The average Bonchev–Trinajstić information content (AvgIpc) is 3.43. The van der Waals surface area contributed by atoms with Crippen LogP contribution in [0, 0.1) is 0 Å². The Kier molecular flexibility index (Phi) is 3.86.